The average Bonchev–Trinajstić information content (AvgIpc) is 3.27. The fourth-order valence-electron chi connectivity index (χ4n) is 2.18. The number of hydrogen-bond donors (Lipinski definition) is 1. The van der Waals surface area contributed by atoms with E-state index in [1.165, 1.54) is 0 Å². The molecule has 0 spiro atoms. The van der Waals surface area contributed by atoms with Crippen LogP contribution in [0.1, 0.15) is 31.7 Å². The van der Waals surface area contributed by atoms with E-state index in [2.05, 4.69) is 26.2 Å². The van der Waals surface area contributed by atoms with Gasteiger partial charge in [0.25, 0.3) is 5.89 Å². The Labute approximate surface area is 159 Å². The van der Waals surface area contributed by atoms with Gasteiger partial charge in [0.1, 0.15) is 24.2 Å². The summed E-state index contributed by atoms with van der Waals surface area (Å²) >= 11 is 3.38. The second-order valence-corrected chi connectivity index (χ2v) is 6.69. The minimum atomic E-state index is 0.175. The van der Waals surface area contributed by atoms with Gasteiger partial charge in [-0.3, -0.25) is 0 Å². The standard InChI is InChI=1S/C19H18BrN3O3/c1-3-12(2)22-18-16(10-21)23-19(26-18)17-9-8-15(25-17)11-24-14-6-4-13(20)5-7-14/h4-9,12,22H,3,11H2,1-2H3/t12-/m1/s1. The first kappa shape index (κ1) is 18.1. The van der Waals surface area contributed by atoms with Crippen LogP contribution < -0.4 is 10.1 Å². The third-order valence-corrected chi connectivity index (χ3v) is 4.32. The molecule has 6 nitrogen and oxygen atoms in total. The Balaban J connectivity index is 1.71. The fraction of sp³-hybridized carbons (Fsp3) is 0.263. The number of hydrogen-bond acceptors (Lipinski definition) is 6. The molecule has 0 aliphatic carbocycles. The van der Waals surface area contributed by atoms with E-state index in [0.717, 1.165) is 16.6 Å². The van der Waals surface area contributed by atoms with Gasteiger partial charge >= 0.3 is 0 Å². The van der Waals surface area contributed by atoms with Crippen molar-refractivity contribution < 1.29 is 13.6 Å². The van der Waals surface area contributed by atoms with Crippen molar-refractivity contribution in [1.82, 2.24) is 4.98 Å². The Kier molecular flexibility index (Phi) is 5.64. The molecule has 0 radical (unpaired) electrons. The van der Waals surface area contributed by atoms with Gasteiger partial charge in [0.05, 0.1) is 0 Å². The number of nitriles is 1. The molecule has 134 valence electrons. The van der Waals surface area contributed by atoms with Crippen molar-refractivity contribution in [3.8, 4) is 23.5 Å². The van der Waals surface area contributed by atoms with Crippen molar-refractivity contribution in [2.75, 3.05) is 5.32 Å². The van der Waals surface area contributed by atoms with E-state index in [4.69, 9.17) is 13.6 Å². The maximum absolute atomic E-state index is 9.23. The SMILES string of the molecule is CC[C@@H](C)Nc1oc(-c2ccc(COc3ccc(Br)cc3)o2)nc1C#N. The Morgan fingerprint density at radius 3 is 2.69 bits per heavy atom. The number of nitrogens with zero attached hydrogens (tertiary/aromatic N) is 2. The Morgan fingerprint density at radius 2 is 2.00 bits per heavy atom. The summed E-state index contributed by atoms with van der Waals surface area (Å²) in [4.78, 5) is 4.20. The lowest BCUT2D eigenvalue weighted by Crippen LogP contribution is -2.13. The number of halogens is 1. The van der Waals surface area contributed by atoms with Crippen LogP contribution >= 0.6 is 15.9 Å². The van der Waals surface area contributed by atoms with Crippen molar-refractivity contribution in [3.05, 3.63) is 52.3 Å². The van der Waals surface area contributed by atoms with Crippen LogP contribution in [0.15, 0.2) is 49.7 Å². The summed E-state index contributed by atoms with van der Waals surface area (Å²) < 4.78 is 18.1. The highest BCUT2D eigenvalue weighted by Gasteiger charge is 2.18. The molecule has 3 rings (SSSR count). The van der Waals surface area contributed by atoms with E-state index < -0.39 is 0 Å². The third-order valence-electron chi connectivity index (χ3n) is 3.79. The summed E-state index contributed by atoms with van der Waals surface area (Å²) in [5, 5.41) is 12.4. The van der Waals surface area contributed by atoms with Crippen LogP contribution in [0.4, 0.5) is 5.88 Å². The monoisotopic (exact) mass is 415 g/mol. The van der Waals surface area contributed by atoms with Crippen LogP contribution in [-0.4, -0.2) is 11.0 Å². The molecule has 0 unspecified atom stereocenters. The molecule has 1 aromatic carbocycles. The number of benzene rings is 1. The highest BCUT2D eigenvalue weighted by molar-refractivity contribution is 9.10. The van der Waals surface area contributed by atoms with Crippen molar-refractivity contribution in [2.45, 2.75) is 32.9 Å². The highest BCUT2D eigenvalue weighted by Crippen LogP contribution is 2.28. The topological polar surface area (TPSA) is 84.2 Å². The smallest absolute Gasteiger partial charge is 0.266 e. The van der Waals surface area contributed by atoms with Crippen molar-refractivity contribution in [2.24, 2.45) is 0 Å². The molecule has 0 bridgehead atoms. The van der Waals surface area contributed by atoms with E-state index in [1.54, 1.807) is 12.1 Å². The first-order valence-corrected chi connectivity index (χ1v) is 9.03. The van der Waals surface area contributed by atoms with Gasteiger partial charge in [0, 0.05) is 10.5 Å². The lowest BCUT2D eigenvalue weighted by molar-refractivity contribution is 0.271. The van der Waals surface area contributed by atoms with Gasteiger partial charge in [-0.1, -0.05) is 22.9 Å². The summed E-state index contributed by atoms with van der Waals surface area (Å²) in [5.74, 6) is 2.46. The number of aromatic nitrogens is 1. The predicted octanol–water partition coefficient (Wildman–Crippen LogP) is 5.36. The minimum absolute atomic E-state index is 0.175. The summed E-state index contributed by atoms with van der Waals surface area (Å²) in [7, 11) is 0. The maximum atomic E-state index is 9.23. The summed E-state index contributed by atoms with van der Waals surface area (Å²) in [6.07, 6.45) is 0.902. The first-order chi connectivity index (χ1) is 12.6. The highest BCUT2D eigenvalue weighted by atomic mass is 79.9. The summed E-state index contributed by atoms with van der Waals surface area (Å²) in [6.45, 7) is 4.34. The predicted molar refractivity (Wildman–Crippen MR) is 101 cm³/mol. The normalized spacial score (nSPS) is 11.8. The number of nitrogens with one attached hydrogen (secondary N) is 1. The molecule has 7 heteroatoms. The zero-order chi connectivity index (χ0) is 18.5. The minimum Gasteiger partial charge on any atom is -0.486 e. The van der Waals surface area contributed by atoms with Gasteiger partial charge < -0.3 is 18.9 Å². The van der Waals surface area contributed by atoms with Gasteiger partial charge in [-0.2, -0.15) is 10.2 Å². The quantitative estimate of drug-likeness (QED) is 0.558. The zero-order valence-corrected chi connectivity index (χ0v) is 16.0. The number of anilines is 1. The number of rotatable bonds is 7. The lowest BCUT2D eigenvalue weighted by atomic mass is 10.2. The number of ether oxygens (including phenoxy) is 1. The second-order valence-electron chi connectivity index (χ2n) is 5.77. The molecular formula is C19H18BrN3O3. The van der Waals surface area contributed by atoms with Crippen LogP contribution in [0.5, 0.6) is 5.75 Å². The maximum Gasteiger partial charge on any atom is 0.266 e. The average molecular weight is 416 g/mol. The van der Waals surface area contributed by atoms with Crippen LogP contribution in [-0.2, 0) is 6.61 Å². The Bertz CT molecular complexity index is 909. The molecule has 0 saturated heterocycles. The van der Waals surface area contributed by atoms with E-state index in [0.29, 0.717) is 17.4 Å². The van der Waals surface area contributed by atoms with Crippen molar-refractivity contribution in [1.29, 1.82) is 5.26 Å². The molecule has 26 heavy (non-hydrogen) atoms. The zero-order valence-electron chi connectivity index (χ0n) is 14.5. The van der Waals surface area contributed by atoms with E-state index in [1.807, 2.05) is 44.2 Å². The molecule has 2 heterocycles. The third kappa shape index (κ3) is 4.27. The van der Waals surface area contributed by atoms with Crippen LogP contribution in [0.25, 0.3) is 11.7 Å². The molecule has 1 N–H and O–H groups in total. The van der Waals surface area contributed by atoms with Crippen molar-refractivity contribution in [3.63, 3.8) is 0 Å². The summed E-state index contributed by atoms with van der Waals surface area (Å²) in [6, 6.07) is 13.3. The van der Waals surface area contributed by atoms with Crippen LogP contribution in [0.2, 0.25) is 0 Å². The molecule has 0 saturated carbocycles. The molecule has 3 aromatic rings. The van der Waals surface area contributed by atoms with Gasteiger partial charge in [0.15, 0.2) is 5.76 Å². The molecule has 0 fully saturated rings. The van der Waals surface area contributed by atoms with E-state index in [-0.39, 0.29) is 24.2 Å². The first-order valence-electron chi connectivity index (χ1n) is 8.24. The van der Waals surface area contributed by atoms with Gasteiger partial charge in [0.2, 0.25) is 11.6 Å². The lowest BCUT2D eigenvalue weighted by Gasteiger charge is -2.08. The molecule has 1 atom stereocenters. The van der Waals surface area contributed by atoms with Gasteiger partial charge in [-0.05, 0) is 49.7 Å². The largest absolute Gasteiger partial charge is 0.486 e. The molecule has 0 aliphatic rings. The molecule has 0 amide bonds. The van der Waals surface area contributed by atoms with E-state index in [9.17, 15) is 5.26 Å². The fourth-order valence-corrected chi connectivity index (χ4v) is 2.45. The van der Waals surface area contributed by atoms with Gasteiger partial charge in [-0.15, -0.1) is 0 Å². The van der Waals surface area contributed by atoms with E-state index >= 15 is 0 Å². The molecule has 0 aliphatic heterocycles. The number of furan rings is 1. The van der Waals surface area contributed by atoms with Crippen molar-refractivity contribution >= 4 is 21.8 Å². The molecular weight excluding hydrogens is 398 g/mol. The summed E-state index contributed by atoms with van der Waals surface area (Å²) in [5.41, 5.74) is 0.212. The number of oxazole rings is 1. The Morgan fingerprint density at radius 1 is 1.23 bits per heavy atom. The molecule has 2 aromatic heterocycles. The second kappa shape index (κ2) is 8.11. The Hall–Kier alpha value is -2.72. The van der Waals surface area contributed by atoms with Crippen LogP contribution in [0.3, 0.4) is 0 Å². The van der Waals surface area contributed by atoms with Crippen LogP contribution in [0, 0.1) is 11.3 Å². The van der Waals surface area contributed by atoms with Gasteiger partial charge in [-0.25, -0.2) is 0 Å².